The molecule has 3 atom stereocenters. The van der Waals surface area contributed by atoms with Gasteiger partial charge in [-0.2, -0.15) is 0 Å². The molecular weight excluding hydrogens is 721 g/mol. The van der Waals surface area contributed by atoms with Crippen molar-refractivity contribution in [3.05, 3.63) is 38.0 Å². The second kappa shape index (κ2) is 85.5. The molecule has 60 heavy (non-hydrogen) atoms. The van der Waals surface area contributed by atoms with Crippen LogP contribution in [0.4, 0.5) is 0 Å². The average Bonchev–Trinajstić information content (AvgIpc) is 3.34. The predicted octanol–water partition coefficient (Wildman–Crippen LogP) is 24.2. The van der Waals surface area contributed by atoms with E-state index in [1.165, 1.54) is 231 Å². The third-order valence-electron chi connectivity index (χ3n) is 10.6. The van der Waals surface area contributed by atoms with Crippen LogP contribution >= 0.6 is 0 Å². The number of hydrogen-bond donors (Lipinski definition) is 0. The second-order valence-electron chi connectivity index (χ2n) is 17.1. The van der Waals surface area contributed by atoms with Gasteiger partial charge in [-0.15, -0.1) is 19.7 Å². The third kappa shape index (κ3) is 106. The summed E-state index contributed by atoms with van der Waals surface area (Å²) in [6.45, 7) is 25.3. The van der Waals surface area contributed by atoms with Gasteiger partial charge in [0, 0.05) is 8.22 Å². The molecule has 0 radical (unpaired) electrons. The van der Waals surface area contributed by atoms with Crippen LogP contribution in [0.2, 0.25) is 0 Å². The van der Waals surface area contributed by atoms with Crippen LogP contribution in [0.15, 0.2) is 38.0 Å². The number of unbranched alkanes of at least 4 members (excludes halogenated alkanes) is 33. The Kier molecular flexibility index (Phi) is 81.6. The average molecular weight is 854 g/mol. The molecule has 0 aliphatic rings. The van der Waals surface area contributed by atoms with E-state index in [1.54, 1.807) is 0 Å². The quantitative estimate of drug-likeness (QED) is 0.0424. The van der Waals surface area contributed by atoms with E-state index in [0.29, 0.717) is 0 Å². The summed E-state index contributed by atoms with van der Waals surface area (Å²) < 4.78 is 42.9. The van der Waals surface area contributed by atoms with E-state index in [1.807, 2.05) is 18.2 Å². The van der Waals surface area contributed by atoms with Gasteiger partial charge in [-0.1, -0.05) is 331 Å². The lowest BCUT2D eigenvalue weighted by atomic mass is 10.1. The van der Waals surface area contributed by atoms with Crippen LogP contribution < -0.4 is 0 Å². The lowest BCUT2D eigenvalue weighted by Gasteiger charge is -1.99. The Balaban J connectivity index is -0.000000165. The van der Waals surface area contributed by atoms with Gasteiger partial charge in [-0.3, -0.25) is 0 Å². The van der Waals surface area contributed by atoms with Crippen LogP contribution in [0, 0.1) is 0 Å². The summed E-state index contributed by atoms with van der Waals surface area (Å²) in [6, 6.07) is 0. The highest BCUT2D eigenvalue weighted by Crippen LogP contribution is 2.12. The zero-order valence-corrected chi connectivity index (χ0v) is 43.4. The highest BCUT2D eigenvalue weighted by Gasteiger charge is 1.92. The van der Waals surface area contributed by atoms with Crippen molar-refractivity contribution in [2.24, 2.45) is 0 Å². The van der Waals surface area contributed by atoms with E-state index >= 15 is 0 Å². The molecular formula is C60H126. The summed E-state index contributed by atoms with van der Waals surface area (Å²) in [6.07, 6.45) is 60.3. The zero-order chi connectivity index (χ0) is 50.7. The summed E-state index contributed by atoms with van der Waals surface area (Å²) >= 11 is 0. The van der Waals surface area contributed by atoms with E-state index in [9.17, 15) is 0 Å². The standard InChI is InChI=1S/C12H26.C12H24.C10H22.C10H20.C8H18.C8H16/c2*1-3-5-7-9-11-12-10-8-6-4-2;2*1-3-5-7-9-10-8-6-4-2;2*1-3-5-7-8-6-4-2/h3-12H2,1-2H3;3H,1,4-12H2,2H3;3-10H2,1-2H3;3H,1,4-10H2,2H3;3-8H2,1-2H3;3H,1,4-8H2,2H3/i1D,3D;;1D,3D;;1D,3D;. The first kappa shape index (κ1) is 57.2. The molecule has 0 aromatic rings. The maximum absolute atomic E-state index is 7.40. The molecule has 366 valence electrons. The fourth-order valence-electron chi connectivity index (χ4n) is 6.41. The maximum atomic E-state index is 7.40. The van der Waals surface area contributed by atoms with Crippen molar-refractivity contribution in [1.29, 1.82) is 0 Å². The van der Waals surface area contributed by atoms with Crippen molar-refractivity contribution in [3.8, 4) is 0 Å². The smallest absolute Gasteiger partial charge is 0.0264 e. The van der Waals surface area contributed by atoms with Gasteiger partial charge in [-0.05, 0) is 38.5 Å². The maximum Gasteiger partial charge on any atom is 0.0264 e. The van der Waals surface area contributed by atoms with E-state index in [0.717, 1.165) is 38.5 Å². The Labute approximate surface area is 396 Å². The highest BCUT2D eigenvalue weighted by atomic mass is 14.0. The van der Waals surface area contributed by atoms with Gasteiger partial charge < -0.3 is 0 Å². The third-order valence-corrected chi connectivity index (χ3v) is 10.6. The van der Waals surface area contributed by atoms with Crippen molar-refractivity contribution >= 4 is 0 Å². The molecule has 0 nitrogen and oxygen atoms in total. The molecule has 0 spiro atoms. The second-order valence-corrected chi connectivity index (χ2v) is 17.1. The topological polar surface area (TPSA) is 0 Å². The van der Waals surface area contributed by atoms with E-state index in [-0.39, 0.29) is 39.9 Å². The number of rotatable bonds is 42. The molecule has 0 aromatic heterocycles. The lowest BCUT2D eigenvalue weighted by molar-refractivity contribution is 0.562. The minimum Gasteiger partial charge on any atom is -0.103 e. The van der Waals surface area contributed by atoms with Crippen LogP contribution in [-0.4, -0.2) is 0 Å². The van der Waals surface area contributed by atoms with Crippen molar-refractivity contribution in [2.45, 2.75) is 351 Å². The lowest BCUT2D eigenvalue weighted by Crippen LogP contribution is -1.80. The summed E-state index contributed by atoms with van der Waals surface area (Å²) in [5, 5.41) is 0. The molecule has 0 bridgehead atoms. The summed E-state index contributed by atoms with van der Waals surface area (Å²) in [5.41, 5.74) is 0. The zero-order valence-electron chi connectivity index (χ0n) is 49.4. The van der Waals surface area contributed by atoms with E-state index in [2.05, 4.69) is 61.3 Å². The molecule has 0 rings (SSSR count). The Morgan fingerprint density at radius 1 is 0.250 bits per heavy atom. The largest absolute Gasteiger partial charge is 0.103 e. The van der Waals surface area contributed by atoms with Crippen LogP contribution in [0.1, 0.15) is 359 Å². The van der Waals surface area contributed by atoms with E-state index in [4.69, 9.17) is 8.22 Å². The van der Waals surface area contributed by atoms with Crippen molar-refractivity contribution < 1.29 is 8.22 Å². The Morgan fingerprint density at radius 2 is 0.400 bits per heavy atom. The van der Waals surface area contributed by atoms with Gasteiger partial charge in [-0.25, -0.2) is 0 Å². The van der Waals surface area contributed by atoms with Crippen LogP contribution in [-0.2, 0) is 0 Å². The highest BCUT2D eigenvalue weighted by molar-refractivity contribution is 4.66. The molecule has 0 amide bonds. The molecule has 0 heterocycles. The minimum absolute atomic E-state index is 0.128. The molecule has 0 saturated heterocycles. The van der Waals surface area contributed by atoms with E-state index < -0.39 is 0 Å². The summed E-state index contributed by atoms with van der Waals surface area (Å²) in [5.74, 6) is 0. The van der Waals surface area contributed by atoms with Crippen molar-refractivity contribution in [2.75, 3.05) is 0 Å². The fraction of sp³-hybridized carbons (Fsp3) is 0.900. The van der Waals surface area contributed by atoms with Gasteiger partial charge in [0.1, 0.15) is 0 Å². The Bertz CT molecular complexity index is 776. The van der Waals surface area contributed by atoms with Crippen LogP contribution in [0.25, 0.3) is 0 Å². The predicted molar refractivity (Wildman–Crippen MR) is 289 cm³/mol. The first-order chi connectivity index (χ1) is 32.2. The van der Waals surface area contributed by atoms with Crippen LogP contribution in [0.5, 0.6) is 0 Å². The number of allylic oxidation sites excluding steroid dienone is 3. The number of hydrogen-bond acceptors (Lipinski definition) is 0. The molecule has 3 unspecified atom stereocenters. The Hall–Kier alpha value is -0.780. The van der Waals surface area contributed by atoms with Crippen molar-refractivity contribution in [1.82, 2.24) is 0 Å². The van der Waals surface area contributed by atoms with Gasteiger partial charge in [0.25, 0.3) is 0 Å². The normalized spacial score (nSPS) is 12.9. The molecule has 0 aliphatic heterocycles. The van der Waals surface area contributed by atoms with Crippen LogP contribution in [0.3, 0.4) is 0 Å². The van der Waals surface area contributed by atoms with Crippen molar-refractivity contribution in [3.63, 3.8) is 0 Å². The van der Waals surface area contributed by atoms with Gasteiger partial charge in [0.05, 0.1) is 0 Å². The molecule has 0 heteroatoms. The van der Waals surface area contributed by atoms with Gasteiger partial charge in [0.15, 0.2) is 0 Å². The fourth-order valence-corrected chi connectivity index (χ4v) is 6.41. The molecule has 0 fully saturated rings. The molecule has 0 N–H and O–H groups in total. The molecule has 0 aliphatic carbocycles. The summed E-state index contributed by atoms with van der Waals surface area (Å²) in [4.78, 5) is 0. The molecule has 0 aromatic carbocycles. The minimum atomic E-state index is -0.130. The first-order valence-electron chi connectivity index (χ1n) is 31.0. The summed E-state index contributed by atoms with van der Waals surface area (Å²) in [7, 11) is 0. The van der Waals surface area contributed by atoms with Gasteiger partial charge in [0.2, 0.25) is 0 Å². The van der Waals surface area contributed by atoms with Gasteiger partial charge >= 0.3 is 0 Å². The molecule has 0 saturated carbocycles. The SMILES string of the molecule is C=CCCCCCC.C=CCCCCCCCC.C=CCCCCCCCCCC.[2H]CC([2H])CCCCCC.[2H]CC([2H])CCCCCCCC.[2H]CC([2H])CCCCCCCCCC. The Morgan fingerprint density at radius 3 is 0.567 bits per heavy atom. The monoisotopic (exact) mass is 853 g/mol. The first-order valence-corrected chi connectivity index (χ1v) is 27.1.